The third-order valence-electron chi connectivity index (χ3n) is 7.43. The Balaban J connectivity index is 1.41. The van der Waals surface area contributed by atoms with Crippen molar-refractivity contribution in [1.82, 2.24) is 0 Å². The third-order valence-corrected chi connectivity index (χ3v) is 7.43. The van der Waals surface area contributed by atoms with Gasteiger partial charge in [0.05, 0.1) is 11.7 Å². The monoisotopic (exact) mass is 400 g/mol. The van der Waals surface area contributed by atoms with Crippen molar-refractivity contribution in [3.05, 3.63) is 35.1 Å². The molecule has 1 saturated heterocycles. The molecule has 3 aliphatic carbocycles. The summed E-state index contributed by atoms with van der Waals surface area (Å²) in [6, 6.07) is 2.83. The smallest absolute Gasteiger partial charge is 0.451 e. The summed E-state index contributed by atoms with van der Waals surface area (Å²) in [7, 11) is -0.482. The van der Waals surface area contributed by atoms with E-state index in [1.54, 1.807) is 26.0 Å². The van der Waals surface area contributed by atoms with Crippen LogP contribution in [0.4, 0.5) is 4.39 Å². The Labute approximate surface area is 170 Å². The number of halogens is 1. The number of hydrogen-bond acceptors (Lipinski definition) is 5. The third kappa shape index (κ3) is 2.70. The van der Waals surface area contributed by atoms with Crippen LogP contribution in [0.15, 0.2) is 18.1 Å². The second-order valence-electron chi connectivity index (χ2n) is 9.93. The van der Waals surface area contributed by atoms with Crippen LogP contribution in [0, 0.1) is 23.1 Å². The summed E-state index contributed by atoms with van der Waals surface area (Å²) in [6.07, 6.45) is 4.06. The van der Waals surface area contributed by atoms with Gasteiger partial charge < -0.3 is 18.8 Å². The zero-order chi connectivity index (χ0) is 20.8. The summed E-state index contributed by atoms with van der Waals surface area (Å²) < 4.78 is 37.7. The quantitative estimate of drug-likeness (QED) is 0.545. The first-order valence-electron chi connectivity index (χ1n) is 10.3. The van der Waals surface area contributed by atoms with Crippen LogP contribution in [0.25, 0.3) is 6.08 Å². The molecule has 5 aliphatic rings. The molecule has 2 aliphatic heterocycles. The van der Waals surface area contributed by atoms with E-state index in [4.69, 9.17) is 18.8 Å². The fourth-order valence-electron chi connectivity index (χ4n) is 5.71. The lowest BCUT2D eigenvalue weighted by Gasteiger charge is -2.64. The fourth-order valence-corrected chi connectivity index (χ4v) is 5.71. The second-order valence-corrected chi connectivity index (χ2v) is 9.93. The normalized spacial score (nSPS) is 36.1. The minimum atomic E-state index is -1.16. The van der Waals surface area contributed by atoms with Crippen molar-refractivity contribution in [1.29, 1.82) is 0 Å². The molecule has 1 aromatic rings. The highest BCUT2D eigenvalue weighted by molar-refractivity contribution is 6.52. The molecule has 0 amide bonds. The van der Waals surface area contributed by atoms with E-state index < -0.39 is 24.7 Å². The van der Waals surface area contributed by atoms with Gasteiger partial charge >= 0.3 is 13.1 Å². The number of ether oxygens (including phenoxy) is 2. The lowest BCUT2D eigenvalue weighted by Crippen LogP contribution is -2.65. The minimum Gasteiger partial charge on any atom is -0.451 e. The lowest BCUT2D eigenvalue weighted by molar-refractivity contribution is -0.199. The maximum Gasteiger partial charge on any atom is 0.486 e. The van der Waals surface area contributed by atoms with Crippen molar-refractivity contribution < 1.29 is 28.0 Å². The molecule has 0 radical (unpaired) electrons. The number of benzene rings is 1. The Kier molecular flexibility index (Phi) is 3.86. The van der Waals surface area contributed by atoms with Crippen LogP contribution in [-0.2, 0) is 14.0 Å². The van der Waals surface area contributed by atoms with E-state index in [-0.39, 0.29) is 28.4 Å². The van der Waals surface area contributed by atoms with Gasteiger partial charge in [-0.25, -0.2) is 9.18 Å². The Morgan fingerprint density at radius 3 is 2.62 bits per heavy atom. The first kappa shape index (κ1) is 19.1. The topological polar surface area (TPSA) is 54.0 Å². The van der Waals surface area contributed by atoms with Crippen molar-refractivity contribution in [2.75, 3.05) is 0 Å². The Morgan fingerprint density at radius 2 is 1.90 bits per heavy atom. The molecular weight excluding hydrogens is 374 g/mol. The van der Waals surface area contributed by atoms with E-state index in [0.717, 1.165) is 6.42 Å². The van der Waals surface area contributed by atoms with E-state index in [1.165, 1.54) is 12.5 Å². The van der Waals surface area contributed by atoms with Crippen molar-refractivity contribution in [3.63, 3.8) is 0 Å². The van der Waals surface area contributed by atoms with Crippen LogP contribution in [0.2, 0.25) is 0 Å². The number of fused-ring (bicyclic) bond motifs is 1. The Bertz CT molecular complexity index is 926. The molecule has 4 fully saturated rings. The average molecular weight is 400 g/mol. The van der Waals surface area contributed by atoms with Gasteiger partial charge in [0.25, 0.3) is 0 Å². The van der Waals surface area contributed by atoms with Crippen molar-refractivity contribution in [2.45, 2.75) is 65.0 Å². The molecule has 0 spiro atoms. The molecule has 6 rings (SSSR count). The summed E-state index contributed by atoms with van der Waals surface area (Å²) in [5.41, 5.74) is 0.395. The Hall–Kier alpha value is -1.86. The number of carbonyl (C=O) groups is 1. The van der Waals surface area contributed by atoms with Crippen LogP contribution in [0.1, 0.15) is 63.4 Å². The number of hydrogen-bond donors (Lipinski definition) is 0. The standard InChI is InChI=1S/C22H26BFO5/c1-20(2)13-10-15(20)22(5)16(11-13)28-23(29-22)9-8-12-6-7-14(24)17-18(12)26-21(3,4)27-19(17)25/h6-9,13,15-16H,10-11H2,1-5H3/b9-8-/t13-,15-,16?,22-/m0/s1. The predicted octanol–water partition coefficient (Wildman–Crippen LogP) is 4.39. The van der Waals surface area contributed by atoms with Crippen molar-refractivity contribution in [3.8, 4) is 5.75 Å². The van der Waals surface area contributed by atoms with E-state index in [1.807, 2.05) is 5.98 Å². The largest absolute Gasteiger partial charge is 0.486 e. The maximum absolute atomic E-state index is 14.2. The number of rotatable bonds is 2. The molecular formula is C22H26BFO5. The van der Waals surface area contributed by atoms with E-state index in [9.17, 15) is 9.18 Å². The lowest BCUT2D eigenvalue weighted by atomic mass is 9.43. The van der Waals surface area contributed by atoms with Gasteiger partial charge in [-0.1, -0.05) is 25.9 Å². The Morgan fingerprint density at radius 1 is 1.14 bits per heavy atom. The highest BCUT2D eigenvalue weighted by atomic mass is 19.1. The van der Waals surface area contributed by atoms with E-state index in [2.05, 4.69) is 20.8 Å². The van der Waals surface area contributed by atoms with Gasteiger partial charge in [-0.15, -0.1) is 0 Å². The number of esters is 1. The average Bonchev–Trinajstić information content (AvgIpc) is 2.95. The van der Waals surface area contributed by atoms with Crippen LogP contribution in [0.3, 0.4) is 0 Å². The van der Waals surface area contributed by atoms with Gasteiger partial charge in [-0.05, 0) is 49.1 Å². The van der Waals surface area contributed by atoms with Gasteiger partial charge in [0, 0.05) is 19.4 Å². The zero-order valence-electron chi connectivity index (χ0n) is 17.5. The molecule has 2 heterocycles. The molecule has 1 unspecified atom stereocenters. The molecule has 154 valence electrons. The van der Waals surface area contributed by atoms with Crippen LogP contribution in [-0.4, -0.2) is 30.6 Å². The minimum absolute atomic E-state index is 0.0845. The first-order chi connectivity index (χ1) is 13.5. The molecule has 1 aromatic carbocycles. The molecule has 0 aromatic heterocycles. The summed E-state index contributed by atoms with van der Waals surface area (Å²) in [6.45, 7) is 10.0. The van der Waals surface area contributed by atoms with Gasteiger partial charge in [-0.2, -0.15) is 0 Å². The highest BCUT2D eigenvalue weighted by Gasteiger charge is 2.67. The molecule has 5 nitrogen and oxygen atoms in total. The molecule has 4 atom stereocenters. The predicted molar refractivity (Wildman–Crippen MR) is 106 cm³/mol. The van der Waals surface area contributed by atoms with Gasteiger partial charge in [0.1, 0.15) is 17.1 Å². The first-order valence-corrected chi connectivity index (χ1v) is 10.3. The SMILES string of the molecule is CC1(C)OC(=O)c2c(F)ccc(/C=C\B3OC4C[C@@H]5C[C@@H](C5(C)C)[C@]4(C)O3)c2O1. The van der Waals surface area contributed by atoms with Gasteiger partial charge in [-0.3, -0.25) is 0 Å². The number of carbonyl (C=O) groups excluding carboxylic acids is 1. The summed E-state index contributed by atoms with van der Waals surface area (Å²) in [5.74, 6) is 0.627. The van der Waals surface area contributed by atoms with Crippen molar-refractivity contribution in [2.24, 2.45) is 17.3 Å². The molecule has 3 saturated carbocycles. The molecule has 7 heteroatoms. The number of cyclic esters (lactones) is 1. The van der Waals surface area contributed by atoms with Crippen LogP contribution in [0.5, 0.6) is 5.75 Å². The van der Waals surface area contributed by atoms with Gasteiger partial charge in [0.15, 0.2) is 0 Å². The fraction of sp³-hybridized carbons (Fsp3) is 0.591. The van der Waals surface area contributed by atoms with Crippen LogP contribution < -0.4 is 4.74 Å². The zero-order valence-corrected chi connectivity index (χ0v) is 17.5. The highest BCUT2D eigenvalue weighted by Crippen LogP contribution is 2.65. The molecule has 29 heavy (non-hydrogen) atoms. The maximum atomic E-state index is 14.2. The molecule has 0 N–H and O–H groups in total. The van der Waals surface area contributed by atoms with E-state index in [0.29, 0.717) is 17.4 Å². The molecule has 2 bridgehead atoms. The second kappa shape index (κ2) is 5.85. The summed E-state index contributed by atoms with van der Waals surface area (Å²) in [4.78, 5) is 12.2. The summed E-state index contributed by atoms with van der Waals surface area (Å²) in [5, 5.41) is 0. The van der Waals surface area contributed by atoms with Gasteiger partial charge in [0.2, 0.25) is 5.79 Å². The van der Waals surface area contributed by atoms with E-state index >= 15 is 0 Å². The van der Waals surface area contributed by atoms with Crippen LogP contribution >= 0.6 is 0 Å². The van der Waals surface area contributed by atoms with Crippen molar-refractivity contribution >= 4 is 19.2 Å². The summed E-state index contributed by atoms with van der Waals surface area (Å²) >= 11 is 0.